The lowest BCUT2D eigenvalue weighted by Gasteiger charge is -2.31. The second-order valence-electron chi connectivity index (χ2n) is 7.22. The molecule has 0 radical (unpaired) electrons. The minimum atomic E-state index is -0.704. The van der Waals surface area contributed by atoms with E-state index in [0.29, 0.717) is 13.0 Å². The van der Waals surface area contributed by atoms with Crippen LogP contribution in [0.4, 0.5) is 13.2 Å². The number of benzene rings is 3. The molecule has 0 N–H and O–H groups in total. The van der Waals surface area contributed by atoms with Crippen LogP contribution < -0.4 is 0 Å². The van der Waals surface area contributed by atoms with Gasteiger partial charge in [-0.05, 0) is 61.0 Å². The molecule has 4 rings (SSSR count). The van der Waals surface area contributed by atoms with Crippen LogP contribution in [0, 0.1) is 29.3 Å². The number of rotatable bonds is 2. The summed E-state index contributed by atoms with van der Waals surface area (Å²) in [5.41, 5.74) is 1.49. The van der Waals surface area contributed by atoms with E-state index < -0.39 is 17.2 Å². The van der Waals surface area contributed by atoms with Crippen LogP contribution in [0.5, 0.6) is 0 Å². The number of nitrogens with zero attached hydrogens (tertiary/aromatic N) is 1. The van der Waals surface area contributed by atoms with Crippen LogP contribution in [0.1, 0.15) is 35.6 Å². The first-order chi connectivity index (χ1) is 14.4. The molecule has 1 heterocycles. The van der Waals surface area contributed by atoms with E-state index in [1.54, 1.807) is 12.1 Å². The summed E-state index contributed by atoms with van der Waals surface area (Å²) in [4.78, 5) is 4.55. The van der Waals surface area contributed by atoms with Gasteiger partial charge in [0.1, 0.15) is 23.0 Å². The van der Waals surface area contributed by atoms with E-state index >= 15 is 0 Å². The monoisotopic (exact) mass is 405 g/mol. The number of hydrogen-bond acceptors (Lipinski definition) is 2. The van der Waals surface area contributed by atoms with Gasteiger partial charge in [-0.1, -0.05) is 30.0 Å². The highest BCUT2D eigenvalue weighted by molar-refractivity contribution is 5.95. The highest BCUT2D eigenvalue weighted by Gasteiger charge is 2.32. The minimum Gasteiger partial charge on any atom is -0.477 e. The summed E-state index contributed by atoms with van der Waals surface area (Å²) in [6.07, 6.45) is 0.577. The average Bonchev–Trinajstić information content (AvgIpc) is 2.74. The fourth-order valence-corrected chi connectivity index (χ4v) is 3.29. The van der Waals surface area contributed by atoms with Crippen molar-refractivity contribution >= 4 is 5.90 Å². The Morgan fingerprint density at radius 1 is 0.833 bits per heavy atom. The summed E-state index contributed by atoms with van der Waals surface area (Å²) in [6, 6.07) is 17.2. The molecule has 3 aromatic carbocycles. The maximum absolute atomic E-state index is 14.2. The molecule has 1 aliphatic rings. The summed E-state index contributed by atoms with van der Waals surface area (Å²) < 4.78 is 46.8. The largest absolute Gasteiger partial charge is 0.477 e. The molecule has 0 saturated carbocycles. The molecule has 0 fully saturated rings. The Morgan fingerprint density at radius 2 is 1.40 bits per heavy atom. The first kappa shape index (κ1) is 19.8. The maximum Gasteiger partial charge on any atom is 0.223 e. The van der Waals surface area contributed by atoms with E-state index in [2.05, 4.69) is 16.8 Å². The van der Waals surface area contributed by atoms with Crippen molar-refractivity contribution in [1.82, 2.24) is 0 Å². The molecule has 2 nitrogen and oxygen atoms in total. The van der Waals surface area contributed by atoms with Gasteiger partial charge in [0, 0.05) is 17.5 Å². The van der Waals surface area contributed by atoms with E-state index in [4.69, 9.17) is 4.74 Å². The molecule has 0 amide bonds. The van der Waals surface area contributed by atoms with Gasteiger partial charge in [0.2, 0.25) is 5.90 Å². The van der Waals surface area contributed by atoms with Gasteiger partial charge in [-0.3, -0.25) is 0 Å². The molecule has 1 aliphatic heterocycles. The first-order valence-electron chi connectivity index (χ1n) is 9.50. The lowest BCUT2D eigenvalue weighted by molar-refractivity contribution is 0.221. The number of hydrogen-bond donors (Lipinski definition) is 0. The van der Waals surface area contributed by atoms with Crippen molar-refractivity contribution in [3.63, 3.8) is 0 Å². The number of ether oxygens (including phenoxy) is 1. The van der Waals surface area contributed by atoms with E-state index in [0.717, 1.165) is 16.7 Å². The van der Waals surface area contributed by atoms with Gasteiger partial charge in [0.05, 0.1) is 12.1 Å². The Labute approximate surface area is 173 Å². The van der Waals surface area contributed by atoms with E-state index in [-0.39, 0.29) is 17.3 Å². The average molecular weight is 405 g/mol. The Morgan fingerprint density at radius 3 is 2.00 bits per heavy atom. The fraction of sp³-hybridized carbons (Fsp3) is 0.160. The fourth-order valence-electron chi connectivity index (χ4n) is 3.29. The van der Waals surface area contributed by atoms with E-state index in [1.807, 2.05) is 31.2 Å². The maximum atomic E-state index is 14.2. The molecule has 0 bridgehead atoms. The van der Waals surface area contributed by atoms with Gasteiger partial charge in [-0.2, -0.15) is 0 Å². The molecule has 0 aliphatic carbocycles. The van der Waals surface area contributed by atoms with Gasteiger partial charge in [-0.25, -0.2) is 18.2 Å². The smallest absolute Gasteiger partial charge is 0.223 e. The summed E-state index contributed by atoms with van der Waals surface area (Å²) in [7, 11) is 0. The lowest BCUT2D eigenvalue weighted by atomic mass is 9.88. The molecule has 5 heteroatoms. The van der Waals surface area contributed by atoms with E-state index in [1.165, 1.54) is 30.3 Å². The molecule has 0 spiro atoms. The zero-order valence-corrected chi connectivity index (χ0v) is 16.3. The summed E-state index contributed by atoms with van der Waals surface area (Å²) >= 11 is 0. The zero-order chi connectivity index (χ0) is 21.1. The third-order valence-corrected chi connectivity index (χ3v) is 5.05. The molecule has 150 valence electrons. The van der Waals surface area contributed by atoms with Crippen molar-refractivity contribution in [2.24, 2.45) is 4.99 Å². The second kappa shape index (κ2) is 8.08. The van der Waals surface area contributed by atoms with Crippen molar-refractivity contribution in [2.75, 3.05) is 6.61 Å². The van der Waals surface area contributed by atoms with Gasteiger partial charge < -0.3 is 4.74 Å². The third kappa shape index (κ3) is 4.08. The normalized spacial score (nSPS) is 18.1. The molecule has 0 saturated heterocycles. The van der Waals surface area contributed by atoms with Gasteiger partial charge in [-0.15, -0.1) is 0 Å². The van der Waals surface area contributed by atoms with Gasteiger partial charge >= 0.3 is 0 Å². The summed E-state index contributed by atoms with van der Waals surface area (Å²) in [5, 5.41) is 0. The van der Waals surface area contributed by atoms with Crippen LogP contribution in [0.2, 0.25) is 0 Å². The predicted octanol–water partition coefficient (Wildman–Crippen LogP) is 5.59. The lowest BCUT2D eigenvalue weighted by Crippen LogP contribution is -2.31. The number of halogens is 3. The van der Waals surface area contributed by atoms with Gasteiger partial charge in [0.15, 0.2) is 0 Å². The standard InChI is InChI=1S/C25H18F3NO/c1-25(15-16-30-24(29-25)23-21(27)3-2-4-22(23)28)19-11-7-17(8-12-19)5-6-18-9-13-20(26)14-10-18/h2-4,7-14H,15-16H2,1H3. The molecule has 30 heavy (non-hydrogen) atoms. The Bertz CT molecular complexity index is 1140. The quantitative estimate of drug-likeness (QED) is 0.510. The first-order valence-corrected chi connectivity index (χ1v) is 9.50. The van der Waals surface area contributed by atoms with Crippen molar-refractivity contribution in [1.29, 1.82) is 0 Å². The Balaban J connectivity index is 1.61. The highest BCUT2D eigenvalue weighted by Crippen LogP contribution is 2.34. The molecule has 1 atom stereocenters. The van der Waals surface area contributed by atoms with Crippen LogP contribution in [-0.4, -0.2) is 12.5 Å². The van der Waals surface area contributed by atoms with Crippen molar-refractivity contribution < 1.29 is 17.9 Å². The molecule has 3 aromatic rings. The minimum absolute atomic E-state index is 0.0282. The summed E-state index contributed by atoms with van der Waals surface area (Å²) in [5.74, 6) is 4.29. The second-order valence-corrected chi connectivity index (χ2v) is 7.22. The highest BCUT2D eigenvalue weighted by atomic mass is 19.1. The van der Waals surface area contributed by atoms with E-state index in [9.17, 15) is 13.2 Å². The zero-order valence-electron chi connectivity index (χ0n) is 16.3. The van der Waals surface area contributed by atoms with Crippen LogP contribution >= 0.6 is 0 Å². The topological polar surface area (TPSA) is 21.6 Å². The van der Waals surface area contributed by atoms with Crippen LogP contribution in [0.15, 0.2) is 71.7 Å². The Hall–Kier alpha value is -3.52. The summed E-state index contributed by atoms with van der Waals surface area (Å²) in [6.45, 7) is 2.21. The van der Waals surface area contributed by atoms with Crippen LogP contribution in [-0.2, 0) is 10.3 Å². The molecular formula is C25H18F3NO. The van der Waals surface area contributed by atoms with Crippen LogP contribution in [0.3, 0.4) is 0 Å². The van der Waals surface area contributed by atoms with Crippen molar-refractivity contribution in [3.8, 4) is 11.8 Å². The molecular weight excluding hydrogens is 387 g/mol. The third-order valence-electron chi connectivity index (χ3n) is 5.05. The van der Waals surface area contributed by atoms with Crippen LogP contribution in [0.25, 0.3) is 0 Å². The SMILES string of the molecule is CC1(c2ccc(C#Cc3ccc(F)cc3)cc2)CCOC(c2c(F)cccc2F)=N1. The van der Waals surface area contributed by atoms with Gasteiger partial charge in [0.25, 0.3) is 0 Å². The molecule has 0 aromatic heterocycles. The Kier molecular flexibility index (Phi) is 5.33. The molecule has 1 unspecified atom stereocenters. The number of aliphatic imine (C=N–C) groups is 1. The van der Waals surface area contributed by atoms with Crippen molar-refractivity contribution in [3.05, 3.63) is 106 Å². The predicted molar refractivity (Wildman–Crippen MR) is 110 cm³/mol. The van der Waals surface area contributed by atoms with Crippen molar-refractivity contribution in [2.45, 2.75) is 18.9 Å².